The number of nitrogens with one attached hydrogen (secondary N) is 1. The molecule has 0 radical (unpaired) electrons. The highest BCUT2D eigenvalue weighted by atomic mass is 32.1. The van der Waals surface area contributed by atoms with Gasteiger partial charge in [0.1, 0.15) is 0 Å². The van der Waals surface area contributed by atoms with Crippen molar-refractivity contribution in [3.05, 3.63) is 51.5 Å². The first kappa shape index (κ1) is 12.3. The number of aryl methyl sites for hydroxylation is 2. The Morgan fingerprint density at radius 3 is 2.76 bits per heavy atom. The minimum atomic E-state index is 0.871. The summed E-state index contributed by atoms with van der Waals surface area (Å²) in [7, 11) is 0. The Labute approximate surface area is 107 Å². The first-order valence-corrected chi connectivity index (χ1v) is 6.80. The van der Waals surface area contributed by atoms with Crippen LogP contribution in [0, 0.1) is 13.8 Å². The van der Waals surface area contributed by atoms with E-state index in [0.717, 1.165) is 30.2 Å². The molecule has 0 saturated carbocycles. The van der Waals surface area contributed by atoms with Crippen LogP contribution in [0.4, 0.5) is 0 Å². The Kier molecular flexibility index (Phi) is 4.29. The van der Waals surface area contributed by atoms with E-state index in [4.69, 9.17) is 0 Å². The van der Waals surface area contributed by atoms with Crippen LogP contribution in [-0.4, -0.2) is 11.5 Å². The van der Waals surface area contributed by atoms with Crippen LogP contribution in [0.1, 0.15) is 21.8 Å². The second-order valence-electron chi connectivity index (χ2n) is 4.21. The van der Waals surface area contributed by atoms with Gasteiger partial charge in [-0.3, -0.25) is 0 Å². The number of nitrogens with zero attached hydrogens (tertiary/aromatic N) is 1. The standard InChI is InChI=1S/C14H18N2S/c1-11-5-3-4-6-13(11)7-8-15-9-14-10-17-12(2)16-14/h3-6,10,15H,7-9H2,1-2H3. The van der Waals surface area contributed by atoms with Crippen LogP contribution in [0.3, 0.4) is 0 Å². The van der Waals surface area contributed by atoms with Crippen LogP contribution in [-0.2, 0) is 13.0 Å². The van der Waals surface area contributed by atoms with E-state index in [2.05, 4.69) is 46.9 Å². The van der Waals surface area contributed by atoms with Crippen LogP contribution >= 0.6 is 11.3 Å². The van der Waals surface area contributed by atoms with E-state index in [1.807, 2.05) is 6.92 Å². The summed E-state index contributed by atoms with van der Waals surface area (Å²) in [6.45, 7) is 6.08. The molecule has 0 aliphatic rings. The number of thiazole rings is 1. The maximum absolute atomic E-state index is 4.43. The minimum Gasteiger partial charge on any atom is -0.311 e. The summed E-state index contributed by atoms with van der Waals surface area (Å²) in [5, 5.41) is 6.70. The van der Waals surface area contributed by atoms with Gasteiger partial charge in [-0.05, 0) is 37.9 Å². The van der Waals surface area contributed by atoms with Gasteiger partial charge in [0.25, 0.3) is 0 Å². The van der Waals surface area contributed by atoms with Crippen molar-refractivity contribution in [2.75, 3.05) is 6.54 Å². The Hall–Kier alpha value is -1.19. The van der Waals surface area contributed by atoms with Crippen molar-refractivity contribution >= 4 is 11.3 Å². The Balaban J connectivity index is 1.75. The highest BCUT2D eigenvalue weighted by molar-refractivity contribution is 7.09. The average Bonchev–Trinajstić information content (AvgIpc) is 2.73. The van der Waals surface area contributed by atoms with E-state index in [0.29, 0.717) is 0 Å². The molecule has 2 nitrogen and oxygen atoms in total. The molecule has 2 aromatic rings. The molecule has 0 aliphatic heterocycles. The summed E-state index contributed by atoms with van der Waals surface area (Å²) in [6, 6.07) is 8.56. The Bertz CT molecular complexity index is 477. The number of hydrogen-bond donors (Lipinski definition) is 1. The lowest BCUT2D eigenvalue weighted by molar-refractivity contribution is 0.675. The maximum atomic E-state index is 4.43. The molecule has 1 N–H and O–H groups in total. The van der Waals surface area contributed by atoms with E-state index in [1.165, 1.54) is 11.1 Å². The topological polar surface area (TPSA) is 24.9 Å². The van der Waals surface area contributed by atoms with Crippen molar-refractivity contribution in [1.29, 1.82) is 0 Å². The fourth-order valence-corrected chi connectivity index (χ4v) is 2.43. The predicted molar refractivity (Wildman–Crippen MR) is 73.4 cm³/mol. The summed E-state index contributed by atoms with van der Waals surface area (Å²) < 4.78 is 0. The summed E-state index contributed by atoms with van der Waals surface area (Å²) in [6.07, 6.45) is 1.08. The lowest BCUT2D eigenvalue weighted by Crippen LogP contribution is -2.17. The largest absolute Gasteiger partial charge is 0.311 e. The zero-order valence-electron chi connectivity index (χ0n) is 10.4. The van der Waals surface area contributed by atoms with E-state index in [9.17, 15) is 0 Å². The fraction of sp³-hybridized carbons (Fsp3) is 0.357. The Morgan fingerprint density at radius 1 is 1.24 bits per heavy atom. The molecule has 1 aromatic carbocycles. The van der Waals surface area contributed by atoms with Gasteiger partial charge < -0.3 is 5.32 Å². The maximum Gasteiger partial charge on any atom is 0.0897 e. The predicted octanol–water partition coefficient (Wildman–Crippen LogP) is 3.09. The molecule has 1 heterocycles. The van der Waals surface area contributed by atoms with Crippen molar-refractivity contribution in [1.82, 2.24) is 10.3 Å². The van der Waals surface area contributed by atoms with Crippen molar-refractivity contribution in [3.8, 4) is 0 Å². The second kappa shape index (κ2) is 5.94. The van der Waals surface area contributed by atoms with Gasteiger partial charge in [-0.15, -0.1) is 11.3 Å². The van der Waals surface area contributed by atoms with Gasteiger partial charge in [-0.25, -0.2) is 4.98 Å². The van der Waals surface area contributed by atoms with Crippen molar-refractivity contribution in [3.63, 3.8) is 0 Å². The summed E-state index contributed by atoms with van der Waals surface area (Å²) in [4.78, 5) is 4.43. The minimum absolute atomic E-state index is 0.871. The van der Waals surface area contributed by atoms with Crippen LogP contribution in [0.25, 0.3) is 0 Å². The summed E-state index contributed by atoms with van der Waals surface area (Å²) >= 11 is 1.71. The van der Waals surface area contributed by atoms with Gasteiger partial charge in [0.15, 0.2) is 0 Å². The van der Waals surface area contributed by atoms with Crippen LogP contribution in [0.15, 0.2) is 29.6 Å². The molecule has 1 aromatic heterocycles. The average molecular weight is 246 g/mol. The van der Waals surface area contributed by atoms with Gasteiger partial charge in [-0.1, -0.05) is 24.3 Å². The molecule has 17 heavy (non-hydrogen) atoms. The number of rotatable bonds is 5. The molecular formula is C14H18N2S. The Morgan fingerprint density at radius 2 is 2.06 bits per heavy atom. The third kappa shape index (κ3) is 3.65. The van der Waals surface area contributed by atoms with E-state index >= 15 is 0 Å². The third-order valence-electron chi connectivity index (χ3n) is 2.81. The molecule has 0 amide bonds. The van der Waals surface area contributed by atoms with Gasteiger partial charge in [0.05, 0.1) is 10.7 Å². The molecule has 0 aliphatic carbocycles. The smallest absolute Gasteiger partial charge is 0.0897 e. The SMILES string of the molecule is Cc1nc(CNCCc2ccccc2C)cs1. The molecule has 0 unspecified atom stereocenters. The van der Waals surface area contributed by atoms with Crippen molar-refractivity contribution < 1.29 is 0 Å². The van der Waals surface area contributed by atoms with Gasteiger partial charge in [0.2, 0.25) is 0 Å². The lowest BCUT2D eigenvalue weighted by Gasteiger charge is -2.06. The van der Waals surface area contributed by atoms with Crippen LogP contribution in [0.2, 0.25) is 0 Å². The molecule has 0 saturated heterocycles. The van der Waals surface area contributed by atoms with E-state index < -0.39 is 0 Å². The van der Waals surface area contributed by atoms with Crippen LogP contribution in [0.5, 0.6) is 0 Å². The van der Waals surface area contributed by atoms with Crippen LogP contribution < -0.4 is 5.32 Å². The molecule has 0 fully saturated rings. The molecule has 3 heteroatoms. The van der Waals surface area contributed by atoms with Gasteiger partial charge in [-0.2, -0.15) is 0 Å². The lowest BCUT2D eigenvalue weighted by atomic mass is 10.1. The van der Waals surface area contributed by atoms with E-state index in [-0.39, 0.29) is 0 Å². The first-order valence-electron chi connectivity index (χ1n) is 5.92. The van der Waals surface area contributed by atoms with Gasteiger partial charge in [0, 0.05) is 11.9 Å². The highest BCUT2D eigenvalue weighted by Crippen LogP contribution is 2.08. The second-order valence-corrected chi connectivity index (χ2v) is 5.27. The number of aromatic nitrogens is 1. The van der Waals surface area contributed by atoms with Gasteiger partial charge >= 0.3 is 0 Å². The fourth-order valence-electron chi connectivity index (χ4n) is 1.82. The quantitative estimate of drug-likeness (QED) is 0.820. The molecule has 0 bridgehead atoms. The number of hydrogen-bond acceptors (Lipinski definition) is 3. The zero-order chi connectivity index (χ0) is 12.1. The zero-order valence-corrected chi connectivity index (χ0v) is 11.2. The molecular weight excluding hydrogens is 228 g/mol. The van der Waals surface area contributed by atoms with E-state index in [1.54, 1.807) is 11.3 Å². The first-order chi connectivity index (χ1) is 8.25. The van der Waals surface area contributed by atoms with Crippen molar-refractivity contribution in [2.45, 2.75) is 26.8 Å². The molecule has 90 valence electrons. The summed E-state index contributed by atoms with van der Waals surface area (Å²) in [5.41, 5.74) is 3.95. The summed E-state index contributed by atoms with van der Waals surface area (Å²) in [5.74, 6) is 0. The normalized spacial score (nSPS) is 10.7. The third-order valence-corrected chi connectivity index (χ3v) is 3.63. The molecule has 0 spiro atoms. The van der Waals surface area contributed by atoms with Crippen molar-refractivity contribution in [2.24, 2.45) is 0 Å². The number of benzene rings is 1. The molecule has 0 atom stereocenters. The molecule has 2 rings (SSSR count). The monoisotopic (exact) mass is 246 g/mol. The highest BCUT2D eigenvalue weighted by Gasteiger charge is 1.99.